The van der Waals surface area contributed by atoms with E-state index in [1.54, 1.807) is 0 Å². The minimum Gasteiger partial charge on any atom is -0.384 e. The topological polar surface area (TPSA) is 108 Å². The van der Waals surface area contributed by atoms with E-state index in [4.69, 9.17) is 11.5 Å². The number of nitrogens with two attached hydrogens (primary N) is 2. The van der Waals surface area contributed by atoms with Gasteiger partial charge in [-0.3, -0.25) is 10.1 Å². The van der Waals surface area contributed by atoms with Gasteiger partial charge in [-0.2, -0.15) is 0 Å². The SMILES string of the molecule is NCc1cc(N)ncc1[N+](=O)[O-]. The fraction of sp³-hybridized carbons (Fsp3) is 0.167. The quantitative estimate of drug-likeness (QED) is 0.478. The van der Waals surface area contributed by atoms with E-state index in [-0.39, 0.29) is 18.1 Å². The van der Waals surface area contributed by atoms with Gasteiger partial charge < -0.3 is 11.5 Å². The molecule has 0 spiro atoms. The highest BCUT2D eigenvalue weighted by Gasteiger charge is 2.12. The van der Waals surface area contributed by atoms with Crippen LogP contribution in [0.3, 0.4) is 0 Å². The van der Waals surface area contributed by atoms with E-state index < -0.39 is 4.92 Å². The van der Waals surface area contributed by atoms with Crippen molar-refractivity contribution in [3.63, 3.8) is 0 Å². The first kappa shape index (κ1) is 8.41. The van der Waals surface area contributed by atoms with Gasteiger partial charge in [0, 0.05) is 12.1 Å². The molecule has 0 unspecified atom stereocenters. The van der Waals surface area contributed by atoms with Gasteiger partial charge in [0.25, 0.3) is 5.69 Å². The maximum absolute atomic E-state index is 10.4. The summed E-state index contributed by atoms with van der Waals surface area (Å²) in [4.78, 5) is 13.4. The van der Waals surface area contributed by atoms with Gasteiger partial charge in [-0.05, 0) is 6.07 Å². The molecule has 64 valence electrons. The average molecular weight is 168 g/mol. The van der Waals surface area contributed by atoms with Gasteiger partial charge in [-0.25, -0.2) is 4.98 Å². The second-order valence-electron chi connectivity index (χ2n) is 2.20. The van der Waals surface area contributed by atoms with E-state index >= 15 is 0 Å². The monoisotopic (exact) mass is 168 g/mol. The molecule has 1 aromatic rings. The lowest BCUT2D eigenvalue weighted by Crippen LogP contribution is -2.04. The van der Waals surface area contributed by atoms with Crippen molar-refractivity contribution < 1.29 is 4.92 Å². The maximum atomic E-state index is 10.4. The lowest BCUT2D eigenvalue weighted by molar-refractivity contribution is -0.385. The summed E-state index contributed by atoms with van der Waals surface area (Å²) < 4.78 is 0. The first-order chi connectivity index (χ1) is 5.65. The Bertz CT molecular complexity index is 312. The highest BCUT2D eigenvalue weighted by Crippen LogP contribution is 2.17. The van der Waals surface area contributed by atoms with Crippen molar-refractivity contribution in [1.82, 2.24) is 4.98 Å². The summed E-state index contributed by atoms with van der Waals surface area (Å²) >= 11 is 0. The maximum Gasteiger partial charge on any atom is 0.292 e. The van der Waals surface area contributed by atoms with Gasteiger partial charge in [-0.15, -0.1) is 0 Å². The predicted molar refractivity (Wildman–Crippen MR) is 43.2 cm³/mol. The summed E-state index contributed by atoms with van der Waals surface area (Å²) in [5.41, 5.74) is 10.9. The second-order valence-corrected chi connectivity index (χ2v) is 2.20. The van der Waals surface area contributed by atoms with Crippen molar-refractivity contribution >= 4 is 11.5 Å². The Morgan fingerprint density at radius 3 is 2.83 bits per heavy atom. The molecule has 0 radical (unpaired) electrons. The number of aromatic nitrogens is 1. The molecule has 0 atom stereocenters. The van der Waals surface area contributed by atoms with Crippen LogP contribution in [0.1, 0.15) is 5.56 Å². The zero-order valence-electron chi connectivity index (χ0n) is 6.23. The van der Waals surface area contributed by atoms with Crippen molar-refractivity contribution in [3.05, 3.63) is 27.9 Å². The van der Waals surface area contributed by atoms with Crippen LogP contribution >= 0.6 is 0 Å². The minimum atomic E-state index is -0.533. The number of nitrogen functional groups attached to an aromatic ring is 1. The fourth-order valence-corrected chi connectivity index (χ4v) is 0.836. The highest BCUT2D eigenvalue weighted by atomic mass is 16.6. The Morgan fingerprint density at radius 2 is 2.33 bits per heavy atom. The van der Waals surface area contributed by atoms with Crippen LogP contribution in [0.2, 0.25) is 0 Å². The van der Waals surface area contributed by atoms with Gasteiger partial charge in [0.05, 0.1) is 4.92 Å². The third-order valence-electron chi connectivity index (χ3n) is 1.40. The number of nitrogens with zero attached hydrogens (tertiary/aromatic N) is 2. The van der Waals surface area contributed by atoms with Gasteiger partial charge in [0.1, 0.15) is 12.0 Å². The molecule has 0 bridgehead atoms. The molecule has 1 heterocycles. The normalized spacial score (nSPS) is 9.75. The Morgan fingerprint density at radius 1 is 1.67 bits per heavy atom. The van der Waals surface area contributed by atoms with E-state index in [1.165, 1.54) is 6.07 Å². The number of hydrogen-bond donors (Lipinski definition) is 2. The number of hydrogen-bond acceptors (Lipinski definition) is 5. The molecule has 0 fully saturated rings. The number of nitro groups is 1. The lowest BCUT2D eigenvalue weighted by atomic mass is 10.2. The summed E-state index contributed by atoms with van der Waals surface area (Å²) in [5, 5.41) is 10.4. The van der Waals surface area contributed by atoms with Crippen molar-refractivity contribution in [3.8, 4) is 0 Å². The second kappa shape index (κ2) is 3.14. The van der Waals surface area contributed by atoms with Crippen molar-refractivity contribution in [1.29, 1.82) is 0 Å². The molecular weight excluding hydrogens is 160 g/mol. The van der Waals surface area contributed by atoms with E-state index in [9.17, 15) is 10.1 Å². The molecular formula is C6H8N4O2. The lowest BCUT2D eigenvalue weighted by Gasteiger charge is -1.99. The van der Waals surface area contributed by atoms with Crippen LogP contribution in [0.4, 0.5) is 11.5 Å². The summed E-state index contributed by atoms with van der Waals surface area (Å²) in [7, 11) is 0. The first-order valence-electron chi connectivity index (χ1n) is 3.24. The van der Waals surface area contributed by atoms with Crippen LogP contribution in [0.5, 0.6) is 0 Å². The molecule has 0 aliphatic carbocycles. The highest BCUT2D eigenvalue weighted by molar-refractivity contribution is 5.44. The molecule has 0 aliphatic rings. The third kappa shape index (κ3) is 1.48. The summed E-state index contributed by atoms with van der Waals surface area (Å²) in [6, 6.07) is 1.40. The molecule has 6 heteroatoms. The molecule has 0 aromatic carbocycles. The van der Waals surface area contributed by atoms with Crippen LogP contribution in [-0.2, 0) is 6.54 Å². The van der Waals surface area contributed by atoms with Crippen LogP contribution in [-0.4, -0.2) is 9.91 Å². The van der Waals surface area contributed by atoms with Crippen LogP contribution in [0.15, 0.2) is 12.3 Å². The standard InChI is InChI=1S/C6H8N4O2/c7-2-4-1-6(8)9-3-5(4)10(11)12/h1,3H,2,7H2,(H2,8,9). The van der Waals surface area contributed by atoms with Gasteiger partial charge in [0.2, 0.25) is 0 Å². The summed E-state index contributed by atoms with van der Waals surface area (Å²) in [5.74, 6) is 0.237. The molecule has 4 N–H and O–H groups in total. The zero-order chi connectivity index (χ0) is 9.14. The van der Waals surface area contributed by atoms with Gasteiger partial charge >= 0.3 is 0 Å². The molecule has 1 aromatic heterocycles. The van der Waals surface area contributed by atoms with E-state index in [0.717, 1.165) is 6.20 Å². The van der Waals surface area contributed by atoms with Crippen LogP contribution in [0, 0.1) is 10.1 Å². The van der Waals surface area contributed by atoms with Gasteiger partial charge in [-0.1, -0.05) is 0 Å². The Balaban J connectivity index is 3.20. The molecule has 0 aliphatic heterocycles. The summed E-state index contributed by atoms with van der Waals surface area (Å²) in [6.07, 6.45) is 1.11. The third-order valence-corrected chi connectivity index (χ3v) is 1.40. The number of pyridine rings is 1. The molecule has 1 rings (SSSR count). The van der Waals surface area contributed by atoms with Gasteiger partial charge in [0.15, 0.2) is 0 Å². The Hall–Kier alpha value is -1.69. The fourth-order valence-electron chi connectivity index (χ4n) is 0.836. The molecule has 6 nitrogen and oxygen atoms in total. The van der Waals surface area contributed by atoms with E-state index in [2.05, 4.69) is 4.98 Å². The minimum absolute atomic E-state index is 0.0863. The zero-order valence-corrected chi connectivity index (χ0v) is 6.23. The van der Waals surface area contributed by atoms with Crippen molar-refractivity contribution in [2.75, 3.05) is 5.73 Å². The molecule has 12 heavy (non-hydrogen) atoms. The number of anilines is 1. The average Bonchev–Trinajstić information content (AvgIpc) is 2.03. The van der Waals surface area contributed by atoms with Crippen molar-refractivity contribution in [2.45, 2.75) is 6.54 Å². The first-order valence-corrected chi connectivity index (χ1v) is 3.24. The largest absolute Gasteiger partial charge is 0.384 e. The number of rotatable bonds is 2. The Labute approximate surface area is 68.3 Å². The summed E-state index contributed by atoms with van der Waals surface area (Å²) in [6.45, 7) is 0.0863. The predicted octanol–water partition coefficient (Wildman–Crippen LogP) is 0.0307. The molecule has 0 saturated carbocycles. The smallest absolute Gasteiger partial charge is 0.292 e. The van der Waals surface area contributed by atoms with Crippen LogP contribution in [0.25, 0.3) is 0 Å². The Kier molecular flexibility index (Phi) is 2.20. The van der Waals surface area contributed by atoms with E-state index in [1.807, 2.05) is 0 Å². The molecule has 0 amide bonds. The molecule has 0 saturated heterocycles. The van der Waals surface area contributed by atoms with Crippen LogP contribution < -0.4 is 11.5 Å². The van der Waals surface area contributed by atoms with Crippen molar-refractivity contribution in [2.24, 2.45) is 5.73 Å². The van der Waals surface area contributed by atoms with E-state index in [0.29, 0.717) is 5.56 Å².